The molecule has 0 amide bonds. The third kappa shape index (κ3) is 3.12. The number of fused-ring (bicyclic) bond motifs is 3. The van der Waals surface area contributed by atoms with Gasteiger partial charge in [-0.2, -0.15) is 0 Å². The zero-order valence-electron chi connectivity index (χ0n) is 16.5. The fraction of sp³-hybridized carbons (Fsp3) is 0.391. The van der Waals surface area contributed by atoms with Gasteiger partial charge in [0.25, 0.3) is 0 Å². The van der Waals surface area contributed by atoms with E-state index in [2.05, 4.69) is 42.5 Å². The number of ether oxygens (including phenoxy) is 1. The molecule has 0 saturated heterocycles. The van der Waals surface area contributed by atoms with E-state index in [0.29, 0.717) is 6.04 Å². The normalized spacial score (nSPS) is 20.0. The van der Waals surface area contributed by atoms with Gasteiger partial charge in [0.05, 0.1) is 7.11 Å². The second kappa shape index (κ2) is 7.01. The molecule has 0 spiro atoms. The van der Waals surface area contributed by atoms with Gasteiger partial charge in [-0.05, 0) is 68.8 Å². The van der Waals surface area contributed by atoms with Gasteiger partial charge < -0.3 is 9.30 Å². The van der Waals surface area contributed by atoms with Crippen molar-refractivity contribution in [2.24, 2.45) is 0 Å². The molecule has 2 aromatic carbocycles. The summed E-state index contributed by atoms with van der Waals surface area (Å²) in [6.07, 6.45) is 1.94. The molecule has 0 bridgehead atoms. The Kier molecular flexibility index (Phi) is 4.68. The quantitative estimate of drug-likeness (QED) is 0.649. The third-order valence-corrected chi connectivity index (χ3v) is 6.17. The van der Waals surface area contributed by atoms with Crippen molar-refractivity contribution in [1.82, 2.24) is 9.47 Å². The topological polar surface area (TPSA) is 17.4 Å². The van der Waals surface area contributed by atoms with Crippen molar-refractivity contribution >= 4 is 10.9 Å². The Hall–Kier alpha value is -2.33. The molecule has 0 fully saturated rings. The van der Waals surface area contributed by atoms with Crippen LogP contribution in [0.4, 0.5) is 4.39 Å². The number of aryl methyl sites for hydroxylation is 2. The molecule has 1 aliphatic rings. The molecule has 3 aromatic rings. The Balaban J connectivity index is 1.74. The standard InChI is InChI=1S/C23H27FN2O/c1-15-13-22-23(16(2)25(15)3)20-14-18(24)7-10-21(20)26(22)12-11-17-5-8-19(27-4)9-6-17/h5-10,14-16H,11-13H2,1-4H3. The zero-order chi connectivity index (χ0) is 19.1. The van der Waals surface area contributed by atoms with Crippen LogP contribution in [0.5, 0.6) is 5.75 Å². The highest BCUT2D eigenvalue weighted by molar-refractivity contribution is 5.86. The van der Waals surface area contributed by atoms with Crippen LogP contribution in [0, 0.1) is 5.82 Å². The van der Waals surface area contributed by atoms with Gasteiger partial charge >= 0.3 is 0 Å². The summed E-state index contributed by atoms with van der Waals surface area (Å²) in [5.74, 6) is 0.717. The molecule has 3 nitrogen and oxygen atoms in total. The Morgan fingerprint density at radius 3 is 2.56 bits per heavy atom. The number of hydrogen-bond donors (Lipinski definition) is 0. The van der Waals surface area contributed by atoms with Crippen LogP contribution in [-0.2, 0) is 19.4 Å². The molecule has 0 aliphatic carbocycles. The molecule has 142 valence electrons. The van der Waals surface area contributed by atoms with Crippen LogP contribution < -0.4 is 4.74 Å². The molecule has 1 aromatic heterocycles. The summed E-state index contributed by atoms with van der Waals surface area (Å²) in [4.78, 5) is 2.39. The average Bonchev–Trinajstić information content (AvgIpc) is 2.97. The highest BCUT2D eigenvalue weighted by atomic mass is 19.1. The van der Waals surface area contributed by atoms with Gasteiger partial charge in [0, 0.05) is 41.6 Å². The van der Waals surface area contributed by atoms with Crippen molar-refractivity contribution in [2.45, 2.75) is 45.3 Å². The highest BCUT2D eigenvalue weighted by Gasteiger charge is 2.31. The highest BCUT2D eigenvalue weighted by Crippen LogP contribution is 2.39. The predicted octanol–water partition coefficient (Wildman–Crippen LogP) is 4.97. The zero-order valence-corrected chi connectivity index (χ0v) is 16.5. The number of aromatic nitrogens is 1. The lowest BCUT2D eigenvalue weighted by molar-refractivity contribution is 0.177. The lowest BCUT2D eigenvalue weighted by Crippen LogP contribution is -2.38. The van der Waals surface area contributed by atoms with E-state index in [9.17, 15) is 4.39 Å². The summed E-state index contributed by atoms with van der Waals surface area (Å²) >= 11 is 0. The molecule has 4 heteroatoms. The van der Waals surface area contributed by atoms with E-state index < -0.39 is 0 Å². The van der Waals surface area contributed by atoms with Gasteiger partial charge in [-0.3, -0.25) is 4.90 Å². The summed E-state index contributed by atoms with van der Waals surface area (Å²) in [6.45, 7) is 5.39. The van der Waals surface area contributed by atoms with Crippen LogP contribution in [0.2, 0.25) is 0 Å². The summed E-state index contributed by atoms with van der Waals surface area (Å²) in [5, 5.41) is 1.06. The Morgan fingerprint density at radius 2 is 1.85 bits per heavy atom. The molecular formula is C23H27FN2O. The Labute approximate surface area is 160 Å². The number of rotatable bonds is 4. The largest absolute Gasteiger partial charge is 0.497 e. The summed E-state index contributed by atoms with van der Waals surface area (Å²) in [7, 11) is 3.85. The van der Waals surface area contributed by atoms with E-state index >= 15 is 0 Å². The van der Waals surface area contributed by atoms with Crippen LogP contribution in [0.1, 0.15) is 36.7 Å². The van der Waals surface area contributed by atoms with Crippen molar-refractivity contribution < 1.29 is 9.13 Å². The van der Waals surface area contributed by atoms with E-state index in [1.807, 2.05) is 18.2 Å². The van der Waals surface area contributed by atoms with Crippen molar-refractivity contribution in [2.75, 3.05) is 14.2 Å². The van der Waals surface area contributed by atoms with Crippen LogP contribution in [0.3, 0.4) is 0 Å². The van der Waals surface area contributed by atoms with Crippen LogP contribution >= 0.6 is 0 Å². The lowest BCUT2D eigenvalue weighted by atomic mass is 9.93. The molecule has 27 heavy (non-hydrogen) atoms. The molecule has 0 N–H and O–H groups in total. The minimum absolute atomic E-state index is 0.161. The van der Waals surface area contributed by atoms with E-state index in [1.165, 1.54) is 16.8 Å². The minimum atomic E-state index is -0.161. The van der Waals surface area contributed by atoms with Crippen LogP contribution in [0.25, 0.3) is 10.9 Å². The van der Waals surface area contributed by atoms with Crippen molar-refractivity contribution in [1.29, 1.82) is 0 Å². The molecular weight excluding hydrogens is 339 g/mol. The number of hydrogen-bond acceptors (Lipinski definition) is 2. The number of methoxy groups -OCH3 is 1. The second-order valence-corrected chi connectivity index (χ2v) is 7.67. The van der Waals surface area contributed by atoms with E-state index in [-0.39, 0.29) is 11.9 Å². The summed E-state index contributed by atoms with van der Waals surface area (Å²) in [6, 6.07) is 14.2. The SMILES string of the molecule is COc1ccc(CCn2c3c(c4cc(F)ccc42)C(C)N(C)C(C)C3)cc1. The molecule has 4 rings (SSSR count). The number of likely N-dealkylation sites (N-methyl/N-ethyl adjacent to an activating group) is 1. The third-order valence-electron chi connectivity index (χ3n) is 6.17. The Bertz CT molecular complexity index is 961. The molecule has 2 atom stereocenters. The average molecular weight is 366 g/mol. The van der Waals surface area contributed by atoms with Gasteiger partial charge in [-0.1, -0.05) is 12.1 Å². The number of halogens is 1. The van der Waals surface area contributed by atoms with Crippen molar-refractivity contribution in [3.63, 3.8) is 0 Å². The van der Waals surface area contributed by atoms with Crippen LogP contribution in [-0.4, -0.2) is 29.7 Å². The summed E-state index contributed by atoms with van der Waals surface area (Å²) < 4.78 is 21.7. The van der Waals surface area contributed by atoms with Gasteiger partial charge in [-0.25, -0.2) is 4.39 Å². The van der Waals surface area contributed by atoms with E-state index in [4.69, 9.17) is 4.74 Å². The van der Waals surface area contributed by atoms with Gasteiger partial charge in [0.2, 0.25) is 0 Å². The fourth-order valence-corrected chi connectivity index (χ4v) is 4.39. The summed E-state index contributed by atoms with van der Waals surface area (Å²) in [5.41, 5.74) is 5.08. The first-order valence-corrected chi connectivity index (χ1v) is 9.65. The van der Waals surface area contributed by atoms with Gasteiger partial charge in [-0.15, -0.1) is 0 Å². The predicted molar refractivity (Wildman–Crippen MR) is 108 cm³/mol. The first kappa shape index (κ1) is 18.1. The number of nitrogens with zero attached hydrogens (tertiary/aromatic N) is 2. The minimum Gasteiger partial charge on any atom is -0.497 e. The molecule has 2 heterocycles. The van der Waals surface area contributed by atoms with Gasteiger partial charge in [0.15, 0.2) is 0 Å². The maximum absolute atomic E-state index is 14.0. The monoisotopic (exact) mass is 366 g/mol. The number of benzene rings is 2. The van der Waals surface area contributed by atoms with Gasteiger partial charge in [0.1, 0.15) is 11.6 Å². The van der Waals surface area contributed by atoms with Crippen molar-refractivity contribution in [3.05, 3.63) is 65.1 Å². The first-order valence-electron chi connectivity index (χ1n) is 9.65. The smallest absolute Gasteiger partial charge is 0.123 e. The second-order valence-electron chi connectivity index (χ2n) is 7.67. The van der Waals surface area contributed by atoms with Crippen molar-refractivity contribution in [3.8, 4) is 5.75 Å². The molecule has 2 unspecified atom stereocenters. The molecule has 0 radical (unpaired) electrons. The van der Waals surface area contributed by atoms with E-state index in [1.54, 1.807) is 19.2 Å². The molecule has 1 aliphatic heterocycles. The first-order chi connectivity index (χ1) is 13.0. The maximum atomic E-state index is 14.0. The van der Waals surface area contributed by atoms with Crippen LogP contribution in [0.15, 0.2) is 42.5 Å². The Morgan fingerprint density at radius 1 is 1.11 bits per heavy atom. The molecule has 0 saturated carbocycles. The maximum Gasteiger partial charge on any atom is 0.123 e. The van der Waals surface area contributed by atoms with E-state index in [0.717, 1.165) is 36.0 Å². The lowest BCUT2D eigenvalue weighted by Gasteiger charge is -2.36. The fourth-order valence-electron chi connectivity index (χ4n) is 4.39.